The average Bonchev–Trinajstić information content (AvgIpc) is 2.36. The smallest absolute Gasteiger partial charge is 0.308 e. The highest BCUT2D eigenvalue weighted by Crippen LogP contribution is 2.32. The molecule has 17 heavy (non-hydrogen) atoms. The molecule has 1 fully saturated rings. The van der Waals surface area contributed by atoms with Gasteiger partial charge in [-0.1, -0.05) is 6.92 Å². The molecule has 5 nitrogen and oxygen atoms in total. The molecule has 2 N–H and O–H groups in total. The summed E-state index contributed by atoms with van der Waals surface area (Å²) in [5.74, 6) is -0.375. The van der Waals surface area contributed by atoms with Crippen molar-refractivity contribution in [3.05, 3.63) is 0 Å². The van der Waals surface area contributed by atoms with Crippen LogP contribution in [0.15, 0.2) is 0 Å². The molecular weight excluding hydrogens is 222 g/mol. The van der Waals surface area contributed by atoms with Crippen molar-refractivity contribution in [2.24, 2.45) is 5.92 Å². The topological polar surface area (TPSA) is 75.6 Å². The second-order valence-corrected chi connectivity index (χ2v) is 4.65. The van der Waals surface area contributed by atoms with Crippen LogP contribution < -0.4 is 5.32 Å². The van der Waals surface area contributed by atoms with Gasteiger partial charge < -0.3 is 15.2 Å². The zero-order valence-electron chi connectivity index (χ0n) is 10.5. The second-order valence-electron chi connectivity index (χ2n) is 4.65. The Hall–Kier alpha value is -1.10. The molecule has 0 heterocycles. The largest absolute Gasteiger partial charge is 0.469 e. The van der Waals surface area contributed by atoms with Gasteiger partial charge in [0.15, 0.2) is 0 Å². The number of esters is 1. The van der Waals surface area contributed by atoms with Gasteiger partial charge in [-0.25, -0.2) is 0 Å². The lowest BCUT2D eigenvalue weighted by molar-refractivity contribution is -0.148. The van der Waals surface area contributed by atoms with Gasteiger partial charge in [0.1, 0.15) is 0 Å². The van der Waals surface area contributed by atoms with E-state index in [9.17, 15) is 14.7 Å². The first-order valence-electron chi connectivity index (χ1n) is 6.07. The average molecular weight is 243 g/mol. The standard InChI is InChI=1S/C12H21NO4/c1-3-10(14)13-8-12(16)6-4-9(5-7-12)11(15)17-2/h9,16H,3-8H2,1-2H3,(H,13,14). The number of amides is 1. The van der Waals surface area contributed by atoms with Gasteiger partial charge in [0.25, 0.3) is 0 Å². The Balaban J connectivity index is 2.38. The van der Waals surface area contributed by atoms with E-state index in [1.165, 1.54) is 7.11 Å². The first-order valence-corrected chi connectivity index (χ1v) is 6.07. The third kappa shape index (κ3) is 4.00. The predicted octanol–water partition coefficient (Wildman–Crippen LogP) is 0.607. The molecule has 0 unspecified atom stereocenters. The number of ether oxygens (including phenoxy) is 1. The van der Waals surface area contributed by atoms with Crippen LogP contribution in [0, 0.1) is 5.92 Å². The number of methoxy groups -OCH3 is 1. The number of carbonyl (C=O) groups is 2. The molecule has 0 atom stereocenters. The van der Waals surface area contributed by atoms with Gasteiger partial charge in [0.05, 0.1) is 18.6 Å². The molecule has 1 aliphatic carbocycles. The fourth-order valence-electron chi connectivity index (χ4n) is 2.12. The van der Waals surface area contributed by atoms with Crippen molar-refractivity contribution in [1.82, 2.24) is 5.32 Å². The van der Waals surface area contributed by atoms with E-state index in [1.54, 1.807) is 6.92 Å². The third-order valence-corrected chi connectivity index (χ3v) is 3.39. The van der Waals surface area contributed by atoms with E-state index in [1.807, 2.05) is 0 Å². The molecule has 1 saturated carbocycles. The van der Waals surface area contributed by atoms with Crippen molar-refractivity contribution in [2.45, 2.75) is 44.6 Å². The number of hydrogen-bond acceptors (Lipinski definition) is 4. The van der Waals surface area contributed by atoms with E-state index in [0.717, 1.165) is 0 Å². The quantitative estimate of drug-likeness (QED) is 0.709. The Morgan fingerprint density at radius 3 is 2.47 bits per heavy atom. The zero-order valence-corrected chi connectivity index (χ0v) is 10.5. The fourth-order valence-corrected chi connectivity index (χ4v) is 2.12. The molecule has 0 bridgehead atoms. The molecule has 0 spiro atoms. The van der Waals surface area contributed by atoms with Gasteiger partial charge in [-0.15, -0.1) is 0 Å². The molecule has 98 valence electrons. The van der Waals surface area contributed by atoms with Crippen molar-refractivity contribution in [3.63, 3.8) is 0 Å². The molecule has 1 rings (SSSR count). The monoisotopic (exact) mass is 243 g/mol. The minimum absolute atomic E-state index is 0.0616. The first-order chi connectivity index (χ1) is 8.00. The summed E-state index contributed by atoms with van der Waals surface area (Å²) in [7, 11) is 1.38. The molecule has 0 saturated heterocycles. The summed E-state index contributed by atoms with van der Waals surface area (Å²) in [6, 6.07) is 0. The second kappa shape index (κ2) is 6.00. The molecule has 0 radical (unpaired) electrons. The highest BCUT2D eigenvalue weighted by molar-refractivity contribution is 5.75. The van der Waals surface area contributed by atoms with E-state index in [0.29, 0.717) is 32.1 Å². The lowest BCUT2D eigenvalue weighted by atomic mass is 9.79. The summed E-state index contributed by atoms with van der Waals surface area (Å²) in [6.45, 7) is 2.04. The normalized spacial score (nSPS) is 28.5. The van der Waals surface area contributed by atoms with Crippen LogP contribution in [0.25, 0.3) is 0 Å². The summed E-state index contributed by atoms with van der Waals surface area (Å²) in [6.07, 6.45) is 2.70. The van der Waals surface area contributed by atoms with Crippen molar-refractivity contribution >= 4 is 11.9 Å². The minimum atomic E-state index is -0.866. The lowest BCUT2D eigenvalue weighted by Gasteiger charge is -2.35. The Labute approximate surface area is 102 Å². The number of carbonyl (C=O) groups excluding carboxylic acids is 2. The van der Waals surface area contributed by atoms with Crippen molar-refractivity contribution in [2.75, 3.05) is 13.7 Å². The van der Waals surface area contributed by atoms with E-state index in [4.69, 9.17) is 0 Å². The first kappa shape index (κ1) is 14.0. The van der Waals surface area contributed by atoms with Gasteiger partial charge in [-0.2, -0.15) is 0 Å². The highest BCUT2D eigenvalue weighted by atomic mass is 16.5. The van der Waals surface area contributed by atoms with Gasteiger partial charge in [0.2, 0.25) is 5.91 Å². The Bertz CT molecular complexity index is 282. The number of rotatable bonds is 4. The van der Waals surface area contributed by atoms with Crippen LogP contribution in [0.2, 0.25) is 0 Å². The van der Waals surface area contributed by atoms with Crippen LogP contribution in [-0.4, -0.2) is 36.2 Å². The van der Waals surface area contributed by atoms with Crippen molar-refractivity contribution in [3.8, 4) is 0 Å². The maximum Gasteiger partial charge on any atom is 0.308 e. The Morgan fingerprint density at radius 2 is 2.00 bits per heavy atom. The van der Waals surface area contributed by atoms with Crippen LogP contribution in [0.4, 0.5) is 0 Å². The molecular formula is C12H21NO4. The summed E-state index contributed by atoms with van der Waals surface area (Å²) >= 11 is 0. The molecule has 0 aliphatic heterocycles. The van der Waals surface area contributed by atoms with Crippen LogP contribution >= 0.6 is 0 Å². The SMILES string of the molecule is CCC(=O)NCC1(O)CCC(C(=O)OC)CC1. The maximum absolute atomic E-state index is 11.3. The summed E-state index contributed by atoms with van der Waals surface area (Å²) < 4.78 is 4.68. The van der Waals surface area contributed by atoms with Gasteiger partial charge in [-0.05, 0) is 25.7 Å². The molecule has 1 aliphatic rings. The number of aliphatic hydroxyl groups is 1. The molecule has 0 aromatic heterocycles. The van der Waals surface area contributed by atoms with E-state index < -0.39 is 5.60 Å². The van der Waals surface area contributed by atoms with Crippen LogP contribution in [0.5, 0.6) is 0 Å². The lowest BCUT2D eigenvalue weighted by Crippen LogP contribution is -2.46. The van der Waals surface area contributed by atoms with Gasteiger partial charge >= 0.3 is 5.97 Å². The Kier molecular flexibility index (Phi) is 4.93. The molecule has 5 heteroatoms. The van der Waals surface area contributed by atoms with E-state index in [-0.39, 0.29) is 24.3 Å². The van der Waals surface area contributed by atoms with Gasteiger partial charge in [-0.3, -0.25) is 9.59 Å². The minimum Gasteiger partial charge on any atom is -0.469 e. The van der Waals surface area contributed by atoms with Crippen LogP contribution in [0.3, 0.4) is 0 Å². The highest BCUT2D eigenvalue weighted by Gasteiger charge is 2.36. The molecule has 0 aromatic carbocycles. The summed E-state index contributed by atoms with van der Waals surface area (Å²) in [5.41, 5.74) is -0.866. The maximum atomic E-state index is 11.3. The Morgan fingerprint density at radius 1 is 1.41 bits per heavy atom. The molecule has 1 amide bonds. The van der Waals surface area contributed by atoms with E-state index in [2.05, 4.69) is 10.1 Å². The predicted molar refractivity (Wildman–Crippen MR) is 62.2 cm³/mol. The summed E-state index contributed by atoms with van der Waals surface area (Å²) in [5, 5.41) is 12.9. The number of nitrogens with one attached hydrogen (secondary N) is 1. The summed E-state index contributed by atoms with van der Waals surface area (Å²) in [4.78, 5) is 22.4. The van der Waals surface area contributed by atoms with Crippen molar-refractivity contribution in [1.29, 1.82) is 0 Å². The van der Waals surface area contributed by atoms with Crippen LogP contribution in [0.1, 0.15) is 39.0 Å². The van der Waals surface area contributed by atoms with Crippen molar-refractivity contribution < 1.29 is 19.4 Å². The van der Waals surface area contributed by atoms with E-state index >= 15 is 0 Å². The zero-order chi connectivity index (χ0) is 12.9. The fraction of sp³-hybridized carbons (Fsp3) is 0.833. The number of hydrogen-bond donors (Lipinski definition) is 2. The third-order valence-electron chi connectivity index (χ3n) is 3.39. The van der Waals surface area contributed by atoms with Crippen LogP contribution in [-0.2, 0) is 14.3 Å². The van der Waals surface area contributed by atoms with Gasteiger partial charge in [0, 0.05) is 13.0 Å². The molecule has 0 aromatic rings.